The maximum absolute atomic E-state index is 11.8. The molecule has 0 aromatic carbocycles. The summed E-state index contributed by atoms with van der Waals surface area (Å²) in [5.41, 5.74) is 0. The van der Waals surface area contributed by atoms with Crippen molar-refractivity contribution in [3.05, 3.63) is 16.1 Å². The van der Waals surface area contributed by atoms with Gasteiger partial charge in [-0.25, -0.2) is 4.98 Å². The predicted octanol–water partition coefficient (Wildman–Crippen LogP) is 3.38. The number of alkyl halides is 4. The minimum atomic E-state index is -4.10. The molecule has 13 heavy (non-hydrogen) atoms. The monoisotopic (exact) mass is 229 g/mol. The molecule has 0 saturated heterocycles. The lowest BCUT2D eigenvalue weighted by Crippen LogP contribution is -2.08. The van der Waals surface area contributed by atoms with E-state index in [1.807, 2.05) is 0 Å². The molecule has 0 bridgehead atoms. The van der Waals surface area contributed by atoms with Crippen molar-refractivity contribution < 1.29 is 13.2 Å². The molecule has 0 amide bonds. The largest absolute Gasteiger partial charge is 0.389 e. The van der Waals surface area contributed by atoms with Gasteiger partial charge in [-0.15, -0.1) is 22.9 Å². The molecule has 0 unspecified atom stereocenters. The molecule has 0 N–H and O–H groups in total. The number of aromatic nitrogens is 1. The Morgan fingerprint density at radius 2 is 2.15 bits per heavy atom. The zero-order valence-electron chi connectivity index (χ0n) is 6.57. The smallest absolute Gasteiger partial charge is 0.249 e. The molecule has 6 heteroatoms. The first-order chi connectivity index (χ1) is 6.01. The summed E-state index contributed by atoms with van der Waals surface area (Å²) in [5, 5.41) is 0.493. The summed E-state index contributed by atoms with van der Waals surface area (Å²) in [6, 6.07) is 0. The Morgan fingerprint density at radius 3 is 2.62 bits per heavy atom. The van der Waals surface area contributed by atoms with Gasteiger partial charge in [-0.1, -0.05) is 0 Å². The highest BCUT2D eigenvalue weighted by Crippen LogP contribution is 2.24. The third-order valence-corrected chi connectivity index (χ3v) is 2.86. The zero-order chi connectivity index (χ0) is 9.90. The summed E-state index contributed by atoms with van der Waals surface area (Å²) >= 11 is 6.71. The molecule has 0 atom stereocenters. The fourth-order valence-electron chi connectivity index (χ4n) is 0.774. The van der Waals surface area contributed by atoms with E-state index in [2.05, 4.69) is 4.98 Å². The number of halogens is 4. The molecule has 1 aromatic rings. The number of thiazole rings is 1. The normalized spacial score (nSPS) is 12.0. The van der Waals surface area contributed by atoms with E-state index in [-0.39, 0.29) is 6.42 Å². The van der Waals surface area contributed by atoms with Crippen LogP contribution in [-0.2, 0) is 12.3 Å². The topological polar surface area (TPSA) is 12.9 Å². The van der Waals surface area contributed by atoms with E-state index < -0.39 is 12.6 Å². The van der Waals surface area contributed by atoms with Crippen molar-refractivity contribution in [1.82, 2.24) is 4.98 Å². The van der Waals surface area contributed by atoms with E-state index in [1.54, 1.807) is 0 Å². The van der Waals surface area contributed by atoms with Crippen molar-refractivity contribution in [1.29, 1.82) is 0 Å². The van der Waals surface area contributed by atoms with Gasteiger partial charge < -0.3 is 0 Å². The van der Waals surface area contributed by atoms with E-state index in [9.17, 15) is 13.2 Å². The first-order valence-corrected chi connectivity index (χ1v) is 4.92. The van der Waals surface area contributed by atoms with Crippen LogP contribution in [0.1, 0.15) is 16.3 Å². The third kappa shape index (κ3) is 3.95. The number of aryl methyl sites for hydroxylation is 1. The third-order valence-electron chi connectivity index (χ3n) is 1.36. The van der Waals surface area contributed by atoms with Gasteiger partial charge >= 0.3 is 6.18 Å². The Morgan fingerprint density at radius 1 is 1.46 bits per heavy atom. The molecule has 1 heterocycles. The van der Waals surface area contributed by atoms with Gasteiger partial charge in [0, 0.05) is 23.9 Å². The fourth-order valence-corrected chi connectivity index (χ4v) is 1.78. The van der Waals surface area contributed by atoms with Crippen molar-refractivity contribution in [2.75, 3.05) is 0 Å². The maximum atomic E-state index is 11.8. The van der Waals surface area contributed by atoms with E-state index in [4.69, 9.17) is 11.6 Å². The molecule has 1 aromatic heterocycles. The number of nitrogens with zero attached hydrogens (tertiary/aromatic N) is 1. The Balaban J connectivity index is 2.46. The highest BCUT2D eigenvalue weighted by molar-refractivity contribution is 7.11. The van der Waals surface area contributed by atoms with Gasteiger partial charge in [-0.3, -0.25) is 0 Å². The lowest BCUT2D eigenvalue weighted by molar-refractivity contribution is -0.133. The molecule has 0 aliphatic heterocycles. The van der Waals surface area contributed by atoms with Gasteiger partial charge in [0.05, 0.1) is 10.9 Å². The van der Waals surface area contributed by atoms with E-state index in [1.165, 1.54) is 17.5 Å². The van der Waals surface area contributed by atoms with Crippen LogP contribution in [0.5, 0.6) is 0 Å². The average molecular weight is 230 g/mol. The van der Waals surface area contributed by atoms with Gasteiger partial charge in [0.25, 0.3) is 0 Å². The van der Waals surface area contributed by atoms with Gasteiger partial charge in [0.2, 0.25) is 0 Å². The summed E-state index contributed by atoms with van der Waals surface area (Å²) in [5.74, 6) is 0.309. The first kappa shape index (κ1) is 10.8. The van der Waals surface area contributed by atoms with Crippen LogP contribution in [0, 0.1) is 0 Å². The van der Waals surface area contributed by atoms with Crippen LogP contribution in [0.2, 0.25) is 0 Å². The lowest BCUT2D eigenvalue weighted by atomic mass is 10.3. The molecular weight excluding hydrogens is 223 g/mol. The van der Waals surface area contributed by atoms with Crippen LogP contribution < -0.4 is 0 Å². The highest BCUT2D eigenvalue weighted by atomic mass is 35.5. The van der Waals surface area contributed by atoms with Gasteiger partial charge in [-0.2, -0.15) is 13.2 Å². The van der Waals surface area contributed by atoms with Crippen LogP contribution in [0.4, 0.5) is 13.2 Å². The minimum absolute atomic E-state index is 0.0505. The van der Waals surface area contributed by atoms with E-state index in [0.29, 0.717) is 10.9 Å². The van der Waals surface area contributed by atoms with Gasteiger partial charge in [0.1, 0.15) is 0 Å². The molecule has 0 aliphatic rings. The van der Waals surface area contributed by atoms with Crippen molar-refractivity contribution in [3.63, 3.8) is 0 Å². The molecule has 0 aliphatic carbocycles. The lowest BCUT2D eigenvalue weighted by Gasteiger charge is -2.02. The Kier molecular flexibility index (Phi) is 3.55. The van der Waals surface area contributed by atoms with Crippen LogP contribution in [0.25, 0.3) is 0 Å². The Hall–Kier alpha value is -0.290. The number of rotatable bonds is 3. The predicted molar refractivity (Wildman–Crippen MR) is 46.0 cm³/mol. The summed E-state index contributed by atoms with van der Waals surface area (Å²) in [7, 11) is 0. The molecule has 1 rings (SSSR count). The van der Waals surface area contributed by atoms with Crippen molar-refractivity contribution in [3.8, 4) is 0 Å². The quantitative estimate of drug-likeness (QED) is 0.724. The molecule has 1 nitrogen and oxygen atoms in total. The standard InChI is InChI=1S/C7H7ClF3NS/c8-3-5-4-12-6(13-5)1-2-7(9,10)11/h4H,1-3H2. The van der Waals surface area contributed by atoms with E-state index in [0.717, 1.165) is 4.88 Å². The van der Waals surface area contributed by atoms with Gasteiger partial charge in [0.15, 0.2) is 0 Å². The number of hydrogen-bond acceptors (Lipinski definition) is 2. The Labute approximate surface area is 82.6 Å². The summed E-state index contributed by atoms with van der Waals surface area (Å²) < 4.78 is 35.3. The first-order valence-electron chi connectivity index (χ1n) is 3.57. The van der Waals surface area contributed by atoms with Crippen LogP contribution in [0.3, 0.4) is 0 Å². The zero-order valence-corrected chi connectivity index (χ0v) is 8.14. The second-order valence-corrected chi connectivity index (χ2v) is 3.94. The Bertz CT molecular complexity index is 271. The van der Waals surface area contributed by atoms with Crippen LogP contribution in [-0.4, -0.2) is 11.2 Å². The highest BCUT2D eigenvalue weighted by Gasteiger charge is 2.26. The minimum Gasteiger partial charge on any atom is -0.249 e. The van der Waals surface area contributed by atoms with Gasteiger partial charge in [-0.05, 0) is 0 Å². The number of hydrogen-bond donors (Lipinski definition) is 0. The average Bonchev–Trinajstić information content (AvgIpc) is 2.47. The maximum Gasteiger partial charge on any atom is 0.389 e. The van der Waals surface area contributed by atoms with Crippen molar-refractivity contribution in [2.24, 2.45) is 0 Å². The van der Waals surface area contributed by atoms with Crippen molar-refractivity contribution >= 4 is 22.9 Å². The second kappa shape index (κ2) is 4.28. The SMILES string of the molecule is FC(F)(F)CCc1ncc(CCl)s1. The molecule has 0 saturated carbocycles. The molecule has 74 valence electrons. The second-order valence-electron chi connectivity index (χ2n) is 2.47. The molecular formula is C7H7ClF3NS. The van der Waals surface area contributed by atoms with Crippen LogP contribution in [0.15, 0.2) is 6.20 Å². The molecule has 0 fully saturated rings. The molecule has 0 spiro atoms. The fraction of sp³-hybridized carbons (Fsp3) is 0.571. The van der Waals surface area contributed by atoms with Crippen molar-refractivity contribution in [2.45, 2.75) is 24.9 Å². The van der Waals surface area contributed by atoms with E-state index >= 15 is 0 Å². The summed E-state index contributed by atoms with van der Waals surface area (Å²) in [6.07, 6.45) is -3.45. The summed E-state index contributed by atoms with van der Waals surface area (Å²) in [6.45, 7) is 0. The summed E-state index contributed by atoms with van der Waals surface area (Å²) in [4.78, 5) is 4.63. The van der Waals surface area contributed by atoms with Crippen LogP contribution >= 0.6 is 22.9 Å². The molecule has 0 radical (unpaired) electrons.